The Balaban J connectivity index is 0.000000116. The molecule has 0 heterocycles. The van der Waals surface area contributed by atoms with Crippen molar-refractivity contribution in [1.29, 1.82) is 0 Å². The molecule has 20 aliphatic rings. The summed E-state index contributed by atoms with van der Waals surface area (Å²) in [5.41, 5.74) is 7.19. The summed E-state index contributed by atoms with van der Waals surface area (Å²) in [5.74, 6) is 21.0. The normalized spacial score (nSPS) is 54.3. The highest BCUT2D eigenvalue weighted by Gasteiger charge is 2.68. The summed E-state index contributed by atoms with van der Waals surface area (Å²) in [4.78, 5) is 0. The third kappa shape index (κ3) is 17.5. The Hall–Kier alpha value is -0.720. The molecule has 0 radical (unpaired) electrons. The molecule has 0 saturated heterocycles. The highest BCUT2D eigenvalue weighted by atomic mass is 79.9. The lowest BCUT2D eigenvalue weighted by atomic mass is 9.44. The molecule has 0 aromatic carbocycles. The fourth-order valence-electron chi connectivity index (χ4n) is 41.0. The summed E-state index contributed by atoms with van der Waals surface area (Å²) in [6.45, 7) is 64.0. The van der Waals surface area contributed by atoms with Crippen LogP contribution in [0.2, 0.25) is 0 Å². The zero-order valence-corrected chi connectivity index (χ0v) is 86.8. The lowest BCUT2D eigenvalue weighted by Crippen LogP contribution is -2.55. The number of fused-ring (bicyclic) bond motifs is 25. The first kappa shape index (κ1) is 98.3. The molecule has 0 aromatic heterocycles. The first-order chi connectivity index (χ1) is 58.7. The summed E-state index contributed by atoms with van der Waals surface area (Å²) in [6.07, 6.45) is 45.8. The fourth-order valence-corrected chi connectivity index (χ4v) is 41.7. The number of aliphatic hydroxyl groups is 6. The van der Waals surface area contributed by atoms with Crippen molar-refractivity contribution in [3.8, 4) is 0 Å². The molecule has 0 unspecified atom stereocenters. The molecule has 0 bridgehead atoms. The highest BCUT2D eigenvalue weighted by molar-refractivity contribution is 9.09. The van der Waals surface area contributed by atoms with Crippen LogP contribution >= 0.6 is 31.9 Å². The van der Waals surface area contributed by atoms with Crippen LogP contribution in [0.5, 0.6) is 0 Å². The Bertz CT molecular complexity index is 3840. The van der Waals surface area contributed by atoms with Gasteiger partial charge in [-0.3, -0.25) is 0 Å². The van der Waals surface area contributed by atoms with Gasteiger partial charge in [0.05, 0.1) is 34.6 Å². The largest absolute Gasteiger partial charge is 0.392 e. The zero-order chi connectivity index (χ0) is 91.3. The van der Waals surface area contributed by atoms with E-state index in [1.807, 2.05) is 13.8 Å². The maximum Gasteiger partial charge on any atom is 0.104 e. The van der Waals surface area contributed by atoms with Gasteiger partial charge in [-0.15, -0.1) is 0 Å². The van der Waals surface area contributed by atoms with Crippen LogP contribution in [0.3, 0.4) is 0 Å². The second-order valence-electron chi connectivity index (χ2n) is 55.4. The van der Waals surface area contributed by atoms with E-state index < -0.39 is 40.3 Å². The Kier molecular flexibility index (Phi) is 27.6. The fraction of sp³-hybridized carbons (Fsp3) is 0.914. The molecule has 6 nitrogen and oxygen atoms in total. The third-order valence-corrected chi connectivity index (χ3v) is 48.1. The van der Waals surface area contributed by atoms with E-state index in [4.69, 9.17) is 0 Å². The Morgan fingerprint density at radius 1 is 0.254 bits per heavy atom. The van der Waals surface area contributed by atoms with E-state index in [9.17, 15) is 30.6 Å². The molecular weight excluding hydrogens is 1690 g/mol. The number of rotatable bonds is 8. The molecule has 6 N–H and O–H groups in total. The van der Waals surface area contributed by atoms with Gasteiger partial charge >= 0.3 is 0 Å². The summed E-state index contributed by atoms with van der Waals surface area (Å²) >= 11 is 7.30. The summed E-state index contributed by atoms with van der Waals surface area (Å²) in [6, 6.07) is 0. The molecule has 0 aromatic rings. The smallest absolute Gasteiger partial charge is 0.104 e. The van der Waals surface area contributed by atoms with Crippen molar-refractivity contribution in [2.75, 3.05) is 17.3 Å². The van der Waals surface area contributed by atoms with Crippen LogP contribution in [-0.4, -0.2) is 88.3 Å². The van der Waals surface area contributed by atoms with Crippen LogP contribution in [0.1, 0.15) is 381 Å². The summed E-state index contributed by atoms with van der Waals surface area (Å²) < 4.78 is 30.3. The second kappa shape index (κ2) is 35.3. The summed E-state index contributed by atoms with van der Waals surface area (Å²) in [7, 11) is 0. The van der Waals surface area contributed by atoms with Crippen molar-refractivity contribution >= 4 is 31.9 Å². The van der Waals surface area contributed by atoms with Gasteiger partial charge in [0.2, 0.25) is 0 Å². The van der Waals surface area contributed by atoms with Crippen molar-refractivity contribution in [3.05, 3.63) is 60.8 Å². The maximum atomic E-state index is 15.2. The lowest BCUT2D eigenvalue weighted by molar-refractivity contribution is -0.144. The van der Waals surface area contributed by atoms with Crippen LogP contribution < -0.4 is 0 Å². The van der Waals surface area contributed by atoms with Crippen molar-refractivity contribution < 1.29 is 39.4 Å². The molecule has 716 valence electrons. The summed E-state index contributed by atoms with van der Waals surface area (Å²) in [5, 5.41) is 64.7. The molecule has 126 heavy (non-hydrogen) atoms. The lowest BCUT2D eigenvalue weighted by Gasteiger charge is -2.61. The Labute approximate surface area is 786 Å². The van der Waals surface area contributed by atoms with Gasteiger partial charge in [0.15, 0.2) is 0 Å². The van der Waals surface area contributed by atoms with Crippen molar-refractivity contribution in [1.82, 2.24) is 0 Å². The topological polar surface area (TPSA) is 121 Å². The Morgan fingerprint density at radius 2 is 0.468 bits per heavy atom. The first-order valence-electron chi connectivity index (χ1n) is 53.7. The van der Waals surface area contributed by atoms with E-state index in [0.29, 0.717) is 133 Å². The molecule has 0 spiro atoms. The number of hydrogen-bond acceptors (Lipinski definition) is 6. The number of hydrogen-bond donors (Lipinski definition) is 6. The second-order valence-corrected chi connectivity index (χ2v) is 56.5. The van der Waals surface area contributed by atoms with Gasteiger partial charge in [-0.2, -0.15) is 0 Å². The molecular formula is C116H188Br2F2O6. The van der Waals surface area contributed by atoms with E-state index in [1.165, 1.54) is 189 Å². The minimum Gasteiger partial charge on any atom is -0.392 e. The predicted molar refractivity (Wildman–Crippen MR) is 526 cm³/mol. The maximum absolute atomic E-state index is 15.2. The van der Waals surface area contributed by atoms with Crippen LogP contribution in [0.15, 0.2) is 60.8 Å². The molecule has 20 saturated carbocycles. The molecule has 20 rings (SSSR count). The zero-order valence-electron chi connectivity index (χ0n) is 83.6. The van der Waals surface area contributed by atoms with E-state index in [0.717, 1.165) is 182 Å². The van der Waals surface area contributed by atoms with Gasteiger partial charge in [-0.1, -0.05) is 163 Å². The van der Waals surface area contributed by atoms with E-state index >= 15 is 8.78 Å². The molecule has 20 fully saturated rings. The van der Waals surface area contributed by atoms with Crippen molar-refractivity contribution in [2.45, 2.75) is 422 Å². The van der Waals surface area contributed by atoms with Crippen molar-refractivity contribution in [3.63, 3.8) is 0 Å². The molecule has 0 aliphatic heterocycles. The van der Waals surface area contributed by atoms with Crippen LogP contribution in [-0.2, 0) is 0 Å². The standard InChI is InChI=1S/C24H39BrO.C24H40O2.C24H40O.C22H34BrFO.C22H35FO/c2*1-15(14-25)19-6-7-20-18-12-22(2,3)21-13-23(4,26)10-8-17(21)16(18)9-11-24(19,20)5;1-15(2)19-7-8-20-18-13-22(3,4)21-14-23(5,25)11-9-17(21)16(18)10-12-24(19,20)6;1-13(12-23)18-4-5-19-16-10-20(24)17-11-21(2,25)8-6-15(17)14(16)7-9-22(18,19)3;1-13(2)18-5-6-19-16-11-20(23)17-12-21(3,24)9-7-15(17)14(16)8-10-22(18,19)4/h16-21,26H,1,6-14H2,2-5H3;16-21,25-26H,1,6-14H2,2-5H3;16-21,25H,1,7-14H2,2-6H3;14-20,25H,1,4-12H2,2-3H3;14-20,24H,1,5-12H2,2-4H3/t3*16-,17-,18-,19-,20+,21+,23+,24-;2*14-,15-,16-,17+,18-,19+,20-,21+,22-/m11111/s1. The van der Waals surface area contributed by atoms with Gasteiger partial charge in [-0.25, -0.2) is 8.78 Å². The number of halogens is 4. The molecule has 20 aliphatic carbocycles. The van der Waals surface area contributed by atoms with Crippen molar-refractivity contribution in [2.24, 2.45) is 221 Å². The number of aliphatic hydroxyl groups excluding tert-OH is 1. The van der Waals surface area contributed by atoms with Crippen LogP contribution in [0.25, 0.3) is 0 Å². The SMILES string of the molecule is C=C(C)[C@H]1CC[C@H]2[C@@H]3CC(C)(C)[C@H]4C[C@@](C)(O)CC[C@@H]4[C@H]3CC[C@]12C.C=C(C)[C@H]1CC[C@H]2[C@@H]3C[C@@H](F)[C@H]4C[C@@](C)(O)CC[C@@H]4[C@H]3CC[C@]12C.C=C(CBr)[C@H]1CC[C@H]2[C@@H]3CC(C)(C)[C@H]4C[C@@](C)(O)CC[C@@H]4[C@H]3CC[C@]12C.C=C(CBr)[C@H]1CC[C@H]2[C@@H]3C[C@@H](F)[C@H]4C[C@@](C)(O)CC[C@@H]4[C@H]3CC[C@]12C.C=C(CO)[C@H]1CC[C@H]2[C@@H]3CC(C)(C)[C@H]4C[C@@](C)(O)CC[C@@H]4[C@H]3CC[C@]12C. The average Bonchev–Trinajstić information content (AvgIpc) is 1.38. The third-order valence-electron chi connectivity index (χ3n) is 46.7. The minimum atomic E-state index is -0.709. The predicted octanol–water partition coefficient (Wildman–Crippen LogP) is 29.4. The van der Waals surface area contributed by atoms with Gasteiger partial charge in [-0.05, 0) is 532 Å². The number of alkyl halides is 4. The van der Waals surface area contributed by atoms with Crippen LogP contribution in [0.4, 0.5) is 8.78 Å². The molecule has 0 amide bonds. The number of allylic oxidation sites excluding steroid dienone is 4. The van der Waals surface area contributed by atoms with Gasteiger partial charge < -0.3 is 30.6 Å². The van der Waals surface area contributed by atoms with Crippen LogP contribution in [0, 0.1) is 221 Å². The van der Waals surface area contributed by atoms with Gasteiger partial charge in [0.25, 0.3) is 0 Å². The molecule has 42 atom stereocenters. The first-order valence-corrected chi connectivity index (χ1v) is 55.9. The molecule has 10 heteroatoms. The highest BCUT2D eigenvalue weighted by Crippen LogP contribution is 2.75. The minimum absolute atomic E-state index is 0.101. The van der Waals surface area contributed by atoms with E-state index in [-0.39, 0.29) is 18.4 Å². The monoisotopic (exact) mass is 1870 g/mol. The Morgan fingerprint density at radius 3 is 0.730 bits per heavy atom. The van der Waals surface area contributed by atoms with E-state index in [2.05, 4.69) is 176 Å². The quantitative estimate of drug-likeness (QED) is 0.106. The van der Waals surface area contributed by atoms with E-state index in [1.54, 1.807) is 0 Å². The average molecular weight is 1880 g/mol. The van der Waals surface area contributed by atoms with Gasteiger partial charge in [0.1, 0.15) is 12.3 Å². The van der Waals surface area contributed by atoms with Gasteiger partial charge in [0, 0.05) is 10.7 Å².